The summed E-state index contributed by atoms with van der Waals surface area (Å²) in [5, 5.41) is 16.8. The van der Waals surface area contributed by atoms with Gasteiger partial charge in [0.25, 0.3) is 5.56 Å². The Hall–Kier alpha value is -5.02. The van der Waals surface area contributed by atoms with Gasteiger partial charge in [-0.3, -0.25) is 18.8 Å². The van der Waals surface area contributed by atoms with Crippen molar-refractivity contribution in [3.8, 4) is 28.3 Å². The molecule has 2 atom stereocenters. The van der Waals surface area contributed by atoms with Gasteiger partial charge >= 0.3 is 11.7 Å². The monoisotopic (exact) mass is 771 g/mol. The van der Waals surface area contributed by atoms with Crippen molar-refractivity contribution in [1.82, 2.24) is 39.2 Å². The van der Waals surface area contributed by atoms with E-state index in [1.807, 2.05) is 30.3 Å². The standard InChI is InChI=1S/C38H39Cl2N9O5/c1-20-41-32(29-33(42-20)46(2)37(53)47(3)35(29)51)43-25-10-6-8-23(31(25)40)22-7-5-9-24(30(22)39)26-17-21-11-12-27(28(21)34(44-26)54-4)48-14-13-38(18-48)19-49(15-16-50)36(52)45-38/h5-10,17,27,50H,11-16,18-19H2,1-4H3,(H,45,52)(H,41,42,43)/t27-,38+/m0/s1. The lowest BCUT2D eigenvalue weighted by Gasteiger charge is -2.28. The second-order valence-corrected chi connectivity index (χ2v) is 15.0. The number of nitrogens with one attached hydrogen (secondary N) is 2. The van der Waals surface area contributed by atoms with E-state index in [1.165, 1.54) is 11.6 Å². The molecule has 0 saturated carbocycles. The Bertz CT molecular complexity index is 2490. The first-order valence-electron chi connectivity index (χ1n) is 17.7. The molecule has 8 rings (SSSR count). The van der Waals surface area contributed by atoms with Crippen LogP contribution in [0.4, 0.5) is 16.3 Å². The van der Waals surface area contributed by atoms with E-state index in [9.17, 15) is 19.5 Å². The first kappa shape index (κ1) is 36.0. The minimum absolute atomic E-state index is 0.0619. The van der Waals surface area contributed by atoms with E-state index in [1.54, 1.807) is 32.0 Å². The number of aromatic nitrogens is 5. The number of halogens is 2. The SMILES string of the molecule is COc1nc(-c2cccc(-c3cccc(Nc4nc(C)nc5c4c(=O)n(C)c(=O)n5C)c3Cl)c2Cl)cc2c1[C@@H](N1CC[C@]3(CN(CCO)C(=O)N3)C1)CC2. The molecule has 3 aromatic heterocycles. The fourth-order valence-corrected chi connectivity index (χ4v) is 8.89. The fraction of sp³-hybridized carbons (Fsp3) is 0.368. The maximum absolute atomic E-state index is 13.2. The highest BCUT2D eigenvalue weighted by atomic mass is 35.5. The van der Waals surface area contributed by atoms with Crippen LogP contribution in [0.1, 0.15) is 35.8 Å². The van der Waals surface area contributed by atoms with E-state index in [0.717, 1.165) is 41.5 Å². The fourth-order valence-electron chi connectivity index (χ4n) is 8.29. The molecule has 16 heteroatoms. The second-order valence-electron chi connectivity index (χ2n) is 14.2. The number of anilines is 2. The number of benzene rings is 2. The van der Waals surface area contributed by atoms with Crippen molar-refractivity contribution in [1.29, 1.82) is 0 Å². The van der Waals surface area contributed by atoms with E-state index in [4.69, 9.17) is 32.9 Å². The molecule has 1 aliphatic carbocycles. The Morgan fingerprint density at radius 1 is 1.00 bits per heavy atom. The summed E-state index contributed by atoms with van der Waals surface area (Å²) < 4.78 is 8.27. The van der Waals surface area contributed by atoms with Gasteiger partial charge in [-0.25, -0.2) is 24.5 Å². The molecule has 2 fully saturated rings. The third kappa shape index (κ3) is 5.88. The number of fused-ring (bicyclic) bond motifs is 2. The van der Waals surface area contributed by atoms with Crippen LogP contribution in [-0.4, -0.2) is 90.5 Å². The van der Waals surface area contributed by atoms with E-state index < -0.39 is 11.2 Å². The molecule has 54 heavy (non-hydrogen) atoms. The highest BCUT2D eigenvalue weighted by molar-refractivity contribution is 6.39. The average Bonchev–Trinajstić information content (AvgIpc) is 3.86. The largest absolute Gasteiger partial charge is 0.481 e. The number of amides is 2. The number of rotatable bonds is 8. The van der Waals surface area contributed by atoms with Crippen molar-refractivity contribution in [2.75, 3.05) is 45.2 Å². The molecule has 3 aliphatic rings. The number of hydrogen-bond acceptors (Lipinski definition) is 10. The molecule has 14 nitrogen and oxygen atoms in total. The van der Waals surface area contributed by atoms with E-state index >= 15 is 0 Å². The first-order valence-corrected chi connectivity index (χ1v) is 18.5. The summed E-state index contributed by atoms with van der Waals surface area (Å²) in [6.07, 6.45) is 2.56. The van der Waals surface area contributed by atoms with Crippen LogP contribution in [0.3, 0.4) is 0 Å². The molecular formula is C38H39Cl2N9O5. The van der Waals surface area contributed by atoms with Crippen LogP contribution in [0.2, 0.25) is 10.0 Å². The highest BCUT2D eigenvalue weighted by Crippen LogP contribution is 2.47. The molecule has 1 spiro atoms. The summed E-state index contributed by atoms with van der Waals surface area (Å²) in [6.45, 7) is 4.06. The molecule has 0 bridgehead atoms. The zero-order chi connectivity index (χ0) is 38.1. The van der Waals surface area contributed by atoms with Crippen LogP contribution in [0.15, 0.2) is 52.1 Å². The van der Waals surface area contributed by atoms with Crippen molar-refractivity contribution < 1.29 is 14.6 Å². The van der Waals surface area contributed by atoms with Gasteiger partial charge in [0.1, 0.15) is 17.0 Å². The molecular weight excluding hydrogens is 733 g/mol. The number of aliphatic hydroxyl groups is 1. The Labute approximate surface area is 320 Å². The van der Waals surface area contributed by atoms with Crippen molar-refractivity contribution in [3.05, 3.63) is 90.3 Å². The molecule has 0 radical (unpaired) electrons. The van der Waals surface area contributed by atoms with Gasteiger partial charge in [0.05, 0.1) is 40.7 Å². The topological polar surface area (TPSA) is 160 Å². The first-order chi connectivity index (χ1) is 25.9. The quantitative estimate of drug-likeness (QED) is 0.204. The molecule has 2 amide bonds. The Kier molecular flexibility index (Phi) is 9.12. The van der Waals surface area contributed by atoms with Gasteiger partial charge in [0.15, 0.2) is 5.65 Å². The number of likely N-dealkylation sites (tertiary alicyclic amines) is 1. The number of β-amino-alcohol motifs (C(OH)–C–C–N with tert-alkyl or cyclic N) is 1. The van der Waals surface area contributed by atoms with Gasteiger partial charge < -0.3 is 25.4 Å². The molecule has 2 aliphatic heterocycles. The van der Waals surface area contributed by atoms with Crippen LogP contribution in [0, 0.1) is 6.92 Å². The number of pyridine rings is 1. The van der Waals surface area contributed by atoms with Crippen LogP contribution in [0.5, 0.6) is 5.88 Å². The minimum Gasteiger partial charge on any atom is -0.481 e. The zero-order valence-corrected chi connectivity index (χ0v) is 31.8. The van der Waals surface area contributed by atoms with Crippen LogP contribution in [-0.2, 0) is 20.5 Å². The molecule has 2 aromatic carbocycles. The van der Waals surface area contributed by atoms with Crippen molar-refractivity contribution >= 4 is 51.8 Å². The third-order valence-electron chi connectivity index (χ3n) is 10.9. The van der Waals surface area contributed by atoms with E-state index in [-0.39, 0.29) is 41.1 Å². The number of urea groups is 1. The molecule has 2 saturated heterocycles. The Morgan fingerprint density at radius 3 is 2.50 bits per heavy atom. The maximum atomic E-state index is 13.2. The van der Waals surface area contributed by atoms with Gasteiger partial charge in [-0.2, -0.15) is 0 Å². The number of nitrogens with zero attached hydrogens (tertiary/aromatic N) is 7. The summed E-state index contributed by atoms with van der Waals surface area (Å²) in [5.74, 6) is 1.14. The highest BCUT2D eigenvalue weighted by Gasteiger charge is 2.49. The number of aliphatic hydroxyl groups excluding tert-OH is 1. The van der Waals surface area contributed by atoms with Crippen molar-refractivity contribution in [2.45, 2.75) is 37.8 Å². The number of hydrogen-bond donors (Lipinski definition) is 3. The van der Waals surface area contributed by atoms with Gasteiger partial charge in [-0.1, -0.05) is 53.5 Å². The zero-order valence-electron chi connectivity index (χ0n) is 30.2. The molecule has 0 unspecified atom stereocenters. The molecule has 280 valence electrons. The van der Waals surface area contributed by atoms with Crippen molar-refractivity contribution in [2.24, 2.45) is 14.1 Å². The normalized spacial score (nSPS) is 19.6. The predicted octanol–water partition coefficient (Wildman–Crippen LogP) is 4.57. The number of carbonyl (C=O) groups excluding carboxylic acids is 1. The van der Waals surface area contributed by atoms with E-state index in [2.05, 4.69) is 31.6 Å². The minimum atomic E-state index is -0.528. The lowest BCUT2D eigenvalue weighted by atomic mass is 9.99. The molecule has 3 N–H and O–H groups in total. The number of methoxy groups -OCH3 is 1. The van der Waals surface area contributed by atoms with Gasteiger partial charge in [0, 0.05) is 68.6 Å². The summed E-state index contributed by atoms with van der Waals surface area (Å²) >= 11 is 14.3. The molecule has 5 heterocycles. The van der Waals surface area contributed by atoms with Crippen LogP contribution in [0.25, 0.3) is 33.4 Å². The lowest BCUT2D eigenvalue weighted by Crippen LogP contribution is -2.46. The molecule has 5 aromatic rings. The van der Waals surface area contributed by atoms with Crippen molar-refractivity contribution in [3.63, 3.8) is 0 Å². The lowest BCUT2D eigenvalue weighted by molar-refractivity contribution is 0.193. The van der Waals surface area contributed by atoms with Crippen LogP contribution < -0.4 is 26.6 Å². The predicted molar refractivity (Wildman–Crippen MR) is 207 cm³/mol. The second kappa shape index (κ2) is 13.7. The average molecular weight is 773 g/mol. The summed E-state index contributed by atoms with van der Waals surface area (Å²) in [7, 11) is 4.60. The maximum Gasteiger partial charge on any atom is 0.332 e. The number of aryl methyl sites for hydroxylation is 3. The van der Waals surface area contributed by atoms with E-state index in [0.29, 0.717) is 69.5 Å². The van der Waals surface area contributed by atoms with Crippen LogP contribution >= 0.6 is 23.2 Å². The van der Waals surface area contributed by atoms with Gasteiger partial charge in [-0.15, -0.1) is 0 Å². The number of ether oxygens (including phenoxy) is 1. The third-order valence-corrected chi connectivity index (χ3v) is 11.7. The number of carbonyl (C=O) groups is 1. The summed E-state index contributed by atoms with van der Waals surface area (Å²) in [5.41, 5.74) is 4.26. The summed E-state index contributed by atoms with van der Waals surface area (Å²) in [6, 6.07) is 13.2. The van der Waals surface area contributed by atoms with Gasteiger partial charge in [0.2, 0.25) is 5.88 Å². The summed E-state index contributed by atoms with van der Waals surface area (Å²) in [4.78, 5) is 56.4. The smallest absolute Gasteiger partial charge is 0.332 e. The Morgan fingerprint density at radius 2 is 1.74 bits per heavy atom. The van der Waals surface area contributed by atoms with Gasteiger partial charge in [-0.05, 0) is 43.9 Å². The Balaban J connectivity index is 1.11.